The molecule has 18 heavy (non-hydrogen) atoms. The molecule has 6 heteroatoms. The molecule has 0 spiro atoms. The third-order valence-corrected chi connectivity index (χ3v) is 3.15. The first-order valence-electron chi connectivity index (χ1n) is 5.63. The Morgan fingerprint density at radius 2 is 2.28 bits per heavy atom. The minimum atomic E-state index is 0.0169. The molecule has 0 radical (unpaired) electrons. The van der Waals surface area contributed by atoms with Crippen LogP contribution in [0.25, 0.3) is 0 Å². The van der Waals surface area contributed by atoms with Crippen LogP contribution in [0.3, 0.4) is 0 Å². The van der Waals surface area contributed by atoms with Gasteiger partial charge in [0.2, 0.25) is 0 Å². The minimum Gasteiger partial charge on any atom is -0.484 e. The zero-order chi connectivity index (χ0) is 13.0. The summed E-state index contributed by atoms with van der Waals surface area (Å²) in [7, 11) is 0. The van der Waals surface area contributed by atoms with E-state index in [2.05, 4.69) is 26.0 Å². The molecule has 0 saturated heterocycles. The number of ether oxygens (including phenoxy) is 1. The Kier molecular flexibility index (Phi) is 4.33. The van der Waals surface area contributed by atoms with Crippen molar-refractivity contribution in [3.8, 4) is 5.75 Å². The van der Waals surface area contributed by atoms with Crippen LogP contribution < -0.4 is 4.74 Å². The first kappa shape index (κ1) is 13.0. The van der Waals surface area contributed by atoms with E-state index in [0.717, 1.165) is 28.2 Å². The maximum Gasteiger partial charge on any atom is 0.164 e. The molecule has 0 aliphatic carbocycles. The molecule has 0 amide bonds. The topological polar surface area (TPSA) is 60.2 Å². The maximum atomic E-state index is 9.02. The number of aromatic nitrogens is 3. The number of rotatable bonds is 5. The third kappa shape index (κ3) is 2.88. The van der Waals surface area contributed by atoms with Crippen LogP contribution in [0.1, 0.15) is 18.3 Å². The van der Waals surface area contributed by atoms with E-state index in [4.69, 9.17) is 9.84 Å². The minimum absolute atomic E-state index is 0.0169. The van der Waals surface area contributed by atoms with Gasteiger partial charge in [-0.2, -0.15) is 5.10 Å². The molecule has 2 aromatic rings. The lowest BCUT2D eigenvalue weighted by molar-refractivity contribution is 0.278. The fourth-order valence-corrected chi connectivity index (χ4v) is 2.11. The van der Waals surface area contributed by atoms with Crippen LogP contribution in [0.15, 0.2) is 29.0 Å². The van der Waals surface area contributed by atoms with E-state index in [9.17, 15) is 0 Å². The van der Waals surface area contributed by atoms with Gasteiger partial charge in [0.1, 0.15) is 18.7 Å². The van der Waals surface area contributed by atoms with Crippen LogP contribution in [-0.2, 0) is 19.8 Å². The fraction of sp³-hybridized carbons (Fsp3) is 0.333. The van der Waals surface area contributed by atoms with Crippen molar-refractivity contribution in [2.24, 2.45) is 0 Å². The molecule has 0 bridgehead atoms. The molecule has 1 heterocycles. The highest BCUT2D eigenvalue weighted by Gasteiger charge is 2.06. The summed E-state index contributed by atoms with van der Waals surface area (Å²) in [5, 5.41) is 13.1. The van der Waals surface area contributed by atoms with Crippen molar-refractivity contribution in [2.45, 2.75) is 26.7 Å². The van der Waals surface area contributed by atoms with Crippen LogP contribution in [0.2, 0.25) is 0 Å². The van der Waals surface area contributed by atoms with E-state index in [0.29, 0.717) is 6.61 Å². The summed E-state index contributed by atoms with van der Waals surface area (Å²) in [5.74, 6) is 1.51. The largest absolute Gasteiger partial charge is 0.484 e. The lowest BCUT2D eigenvalue weighted by Crippen LogP contribution is -2.07. The monoisotopic (exact) mass is 311 g/mol. The van der Waals surface area contributed by atoms with Crippen LogP contribution in [0, 0.1) is 0 Å². The summed E-state index contributed by atoms with van der Waals surface area (Å²) in [6.07, 6.45) is 1.52. The molecule has 0 atom stereocenters. The highest BCUT2D eigenvalue weighted by Crippen LogP contribution is 2.26. The van der Waals surface area contributed by atoms with Crippen molar-refractivity contribution in [3.63, 3.8) is 0 Å². The number of aliphatic hydroxyl groups is 1. The van der Waals surface area contributed by atoms with Crippen molar-refractivity contribution in [1.29, 1.82) is 0 Å². The molecule has 0 aliphatic rings. The van der Waals surface area contributed by atoms with Gasteiger partial charge in [0.15, 0.2) is 5.82 Å². The average Bonchev–Trinajstić information content (AvgIpc) is 2.84. The van der Waals surface area contributed by atoms with Gasteiger partial charge in [-0.15, -0.1) is 0 Å². The predicted octanol–water partition coefficient (Wildman–Crippen LogP) is 2.13. The molecule has 2 rings (SSSR count). The zero-order valence-electron chi connectivity index (χ0n) is 10.0. The lowest BCUT2D eigenvalue weighted by atomic mass is 10.2. The number of nitrogens with zero attached hydrogens (tertiary/aromatic N) is 3. The van der Waals surface area contributed by atoms with Gasteiger partial charge in [0.25, 0.3) is 0 Å². The van der Waals surface area contributed by atoms with Crippen molar-refractivity contribution in [1.82, 2.24) is 14.8 Å². The van der Waals surface area contributed by atoms with E-state index in [1.54, 1.807) is 4.68 Å². The van der Waals surface area contributed by atoms with Crippen LogP contribution in [0.4, 0.5) is 0 Å². The number of benzene rings is 1. The third-order valence-electron chi connectivity index (χ3n) is 2.53. The van der Waals surface area contributed by atoms with Crippen molar-refractivity contribution >= 4 is 15.9 Å². The fourth-order valence-electron chi connectivity index (χ4n) is 1.57. The standard InChI is InChI=1S/C12H14BrN3O2/c1-2-16-12(14-8-15-16)7-18-11-4-3-9(6-17)5-10(11)13/h3-5,8,17H,2,6-7H2,1H3. The second-order valence-corrected chi connectivity index (χ2v) is 4.56. The van der Waals surface area contributed by atoms with Crippen molar-refractivity contribution in [3.05, 3.63) is 40.4 Å². The summed E-state index contributed by atoms with van der Waals surface area (Å²) < 4.78 is 8.28. The summed E-state index contributed by atoms with van der Waals surface area (Å²) >= 11 is 3.41. The number of aliphatic hydroxyl groups excluding tert-OH is 1. The molecule has 0 unspecified atom stereocenters. The molecular formula is C12H14BrN3O2. The maximum absolute atomic E-state index is 9.02. The van der Waals surface area contributed by atoms with Gasteiger partial charge in [-0.25, -0.2) is 9.67 Å². The van der Waals surface area contributed by atoms with Gasteiger partial charge in [0, 0.05) is 6.54 Å². The number of halogens is 1. The zero-order valence-corrected chi connectivity index (χ0v) is 11.6. The Balaban J connectivity index is 2.06. The van der Waals surface area contributed by atoms with Gasteiger partial charge in [-0.05, 0) is 40.5 Å². The predicted molar refractivity (Wildman–Crippen MR) is 70.1 cm³/mol. The van der Waals surface area contributed by atoms with Gasteiger partial charge < -0.3 is 9.84 Å². The van der Waals surface area contributed by atoms with Gasteiger partial charge >= 0.3 is 0 Å². The molecule has 1 N–H and O–H groups in total. The Bertz CT molecular complexity index is 528. The Morgan fingerprint density at radius 1 is 1.44 bits per heavy atom. The molecule has 1 aromatic carbocycles. The Labute approximate surface area is 114 Å². The molecule has 96 valence electrons. The molecule has 5 nitrogen and oxygen atoms in total. The first-order chi connectivity index (χ1) is 8.74. The molecule has 0 saturated carbocycles. The SMILES string of the molecule is CCn1ncnc1COc1ccc(CO)cc1Br. The number of hydrogen-bond acceptors (Lipinski definition) is 4. The molecular weight excluding hydrogens is 298 g/mol. The van der Waals surface area contributed by atoms with E-state index in [-0.39, 0.29) is 6.61 Å². The number of aryl methyl sites for hydroxylation is 1. The van der Waals surface area contributed by atoms with Crippen molar-refractivity contribution < 1.29 is 9.84 Å². The summed E-state index contributed by atoms with van der Waals surface area (Å²) in [5.41, 5.74) is 0.839. The smallest absolute Gasteiger partial charge is 0.164 e. The quantitative estimate of drug-likeness (QED) is 0.919. The Hall–Kier alpha value is -1.40. The Morgan fingerprint density at radius 3 is 2.94 bits per heavy atom. The molecule has 0 aliphatic heterocycles. The van der Waals surface area contributed by atoms with Crippen LogP contribution >= 0.6 is 15.9 Å². The molecule has 0 fully saturated rings. The van der Waals surface area contributed by atoms with E-state index in [1.807, 2.05) is 25.1 Å². The van der Waals surface area contributed by atoms with Gasteiger partial charge in [-0.3, -0.25) is 0 Å². The van der Waals surface area contributed by atoms with E-state index < -0.39 is 0 Å². The van der Waals surface area contributed by atoms with Crippen LogP contribution in [-0.4, -0.2) is 19.9 Å². The molecule has 1 aromatic heterocycles. The average molecular weight is 312 g/mol. The van der Waals surface area contributed by atoms with E-state index >= 15 is 0 Å². The highest BCUT2D eigenvalue weighted by molar-refractivity contribution is 9.10. The van der Waals surface area contributed by atoms with E-state index in [1.165, 1.54) is 6.33 Å². The van der Waals surface area contributed by atoms with Gasteiger partial charge in [0.05, 0.1) is 11.1 Å². The van der Waals surface area contributed by atoms with Crippen molar-refractivity contribution in [2.75, 3.05) is 0 Å². The number of hydrogen-bond donors (Lipinski definition) is 1. The normalized spacial score (nSPS) is 10.6. The first-order valence-corrected chi connectivity index (χ1v) is 6.42. The van der Waals surface area contributed by atoms with Crippen LogP contribution in [0.5, 0.6) is 5.75 Å². The lowest BCUT2D eigenvalue weighted by Gasteiger charge is -2.09. The second-order valence-electron chi connectivity index (χ2n) is 3.70. The second kappa shape index (κ2) is 5.97. The summed E-state index contributed by atoms with van der Waals surface area (Å²) in [4.78, 5) is 4.14. The highest BCUT2D eigenvalue weighted by atomic mass is 79.9. The summed E-state index contributed by atoms with van der Waals surface area (Å²) in [6.45, 7) is 3.15. The summed E-state index contributed by atoms with van der Waals surface area (Å²) in [6, 6.07) is 5.48. The van der Waals surface area contributed by atoms with Gasteiger partial charge in [-0.1, -0.05) is 6.07 Å².